The first-order valence-electron chi connectivity index (χ1n) is 5.48. The average Bonchev–Trinajstić information content (AvgIpc) is 2.25. The largest absolute Gasteiger partial charge is 0.503 e. The predicted molar refractivity (Wildman–Crippen MR) is 56.2 cm³/mol. The molecule has 1 rings (SSSR count). The van der Waals surface area contributed by atoms with Crippen LogP contribution in [0.15, 0.2) is 24.4 Å². The Kier molecular flexibility index (Phi) is 11.3. The summed E-state index contributed by atoms with van der Waals surface area (Å²) in [6.07, 6.45) is 14.1. The summed E-state index contributed by atoms with van der Waals surface area (Å²) >= 11 is -3.76. The van der Waals surface area contributed by atoms with Gasteiger partial charge in [-0.2, -0.15) is 0 Å². The number of hydrogen-bond donors (Lipinski definition) is 1. The lowest BCUT2D eigenvalue weighted by Gasteiger charge is -2.19. The summed E-state index contributed by atoms with van der Waals surface area (Å²) < 4.78 is 24.5. The number of nitrogens with zero attached hydrogens (tertiary/aromatic N) is 1. The van der Waals surface area contributed by atoms with Gasteiger partial charge >= 0.3 is 21.1 Å². The van der Waals surface area contributed by atoms with Crippen LogP contribution in [0.25, 0.3) is 0 Å². The van der Waals surface area contributed by atoms with Crippen molar-refractivity contribution in [1.29, 1.82) is 0 Å². The Morgan fingerprint density at radius 2 is 1.94 bits per heavy atom. The van der Waals surface area contributed by atoms with Crippen molar-refractivity contribution in [2.45, 2.75) is 32.6 Å². The lowest BCUT2D eigenvalue weighted by atomic mass is 10.2. The van der Waals surface area contributed by atoms with Crippen LogP contribution in [0.2, 0.25) is 0 Å². The molecule has 94 valence electrons. The first-order valence-corrected chi connectivity index (χ1v) is 8.21. The SMILES string of the molecule is CCCCCCN1C=CC=CC1.[O-][I+2]([O-])O. The van der Waals surface area contributed by atoms with Gasteiger partial charge in [-0.3, -0.25) is 0 Å². The molecular weight excluding hydrogens is 321 g/mol. The molecule has 5 heteroatoms. The molecule has 0 amide bonds. The molecule has 1 aliphatic rings. The molecule has 0 bridgehead atoms. The maximum atomic E-state index is 8.68. The Morgan fingerprint density at radius 3 is 2.44 bits per heavy atom. The first-order chi connectivity index (χ1) is 7.66. The van der Waals surface area contributed by atoms with Gasteiger partial charge in [0.1, 0.15) is 0 Å². The first kappa shape index (κ1) is 15.9. The van der Waals surface area contributed by atoms with Crippen LogP contribution >= 0.6 is 0 Å². The average molecular weight is 341 g/mol. The number of unbranched alkanes of at least 4 members (excludes halogenated alkanes) is 3. The van der Waals surface area contributed by atoms with E-state index in [9.17, 15) is 0 Å². The van der Waals surface area contributed by atoms with Crippen molar-refractivity contribution < 1.29 is 31.4 Å². The Hall–Kier alpha value is -0.110. The zero-order chi connectivity index (χ0) is 12.2. The fourth-order valence-corrected chi connectivity index (χ4v) is 1.41. The van der Waals surface area contributed by atoms with Crippen molar-refractivity contribution in [1.82, 2.24) is 4.90 Å². The third-order valence-electron chi connectivity index (χ3n) is 2.18. The van der Waals surface area contributed by atoms with Crippen molar-refractivity contribution in [2.75, 3.05) is 13.1 Å². The molecule has 0 aromatic heterocycles. The van der Waals surface area contributed by atoms with Gasteiger partial charge in [-0.25, -0.2) is 0 Å². The summed E-state index contributed by atoms with van der Waals surface area (Å²) in [6.45, 7) is 4.58. The van der Waals surface area contributed by atoms with Crippen LogP contribution in [-0.2, 0) is 0 Å². The predicted octanol–water partition coefficient (Wildman–Crippen LogP) is -2.98. The van der Waals surface area contributed by atoms with Crippen LogP contribution in [0.1, 0.15) is 32.6 Å². The van der Waals surface area contributed by atoms with E-state index in [2.05, 4.69) is 36.3 Å². The van der Waals surface area contributed by atoms with Crippen molar-refractivity contribution in [3.05, 3.63) is 24.4 Å². The monoisotopic (exact) mass is 341 g/mol. The van der Waals surface area contributed by atoms with Gasteiger partial charge in [0.15, 0.2) is 0 Å². The number of halogens is 1. The summed E-state index contributed by atoms with van der Waals surface area (Å²) in [5.74, 6) is 0. The molecule has 0 aromatic rings. The van der Waals surface area contributed by atoms with E-state index in [4.69, 9.17) is 10.3 Å². The maximum Gasteiger partial charge on any atom is 0.503 e. The lowest BCUT2D eigenvalue weighted by molar-refractivity contribution is -1.63. The Balaban J connectivity index is 0.000000487. The van der Waals surface area contributed by atoms with Gasteiger partial charge < -0.3 is 11.8 Å². The van der Waals surface area contributed by atoms with Crippen LogP contribution in [0.5, 0.6) is 0 Å². The van der Waals surface area contributed by atoms with E-state index in [1.807, 2.05) is 0 Å². The highest BCUT2D eigenvalue weighted by atomic mass is 127. The molecule has 0 radical (unpaired) electrons. The highest BCUT2D eigenvalue weighted by Gasteiger charge is 1.97. The van der Waals surface area contributed by atoms with Gasteiger partial charge in [0, 0.05) is 13.1 Å². The molecule has 0 unspecified atom stereocenters. The van der Waals surface area contributed by atoms with Gasteiger partial charge in [0.25, 0.3) is 0 Å². The van der Waals surface area contributed by atoms with Crippen molar-refractivity contribution in [3.63, 3.8) is 0 Å². The third-order valence-corrected chi connectivity index (χ3v) is 2.18. The van der Waals surface area contributed by atoms with Crippen molar-refractivity contribution >= 4 is 0 Å². The lowest BCUT2D eigenvalue weighted by Crippen LogP contribution is -3.98. The quantitative estimate of drug-likeness (QED) is 0.428. The van der Waals surface area contributed by atoms with E-state index >= 15 is 0 Å². The Labute approximate surface area is 106 Å². The zero-order valence-electron chi connectivity index (χ0n) is 9.64. The molecule has 1 heterocycles. The summed E-state index contributed by atoms with van der Waals surface area (Å²) in [7, 11) is 0. The van der Waals surface area contributed by atoms with Crippen molar-refractivity contribution in [2.24, 2.45) is 0 Å². The second-order valence-corrected chi connectivity index (χ2v) is 4.67. The highest BCUT2D eigenvalue weighted by molar-refractivity contribution is 5.08. The minimum atomic E-state index is -3.76. The molecule has 0 saturated heterocycles. The van der Waals surface area contributed by atoms with Crippen molar-refractivity contribution in [3.8, 4) is 0 Å². The molecule has 1 N–H and O–H groups in total. The summed E-state index contributed by atoms with van der Waals surface area (Å²) in [5.41, 5.74) is 0. The van der Waals surface area contributed by atoms with E-state index in [1.165, 1.54) is 32.2 Å². The molecule has 16 heavy (non-hydrogen) atoms. The maximum absolute atomic E-state index is 8.68. The second-order valence-electron chi connectivity index (χ2n) is 3.53. The van der Waals surface area contributed by atoms with Gasteiger partial charge in [-0.05, 0) is 22.1 Å². The third kappa shape index (κ3) is 12.0. The van der Waals surface area contributed by atoms with Crippen LogP contribution in [-0.4, -0.2) is 21.4 Å². The molecule has 0 aromatic carbocycles. The molecule has 0 aliphatic carbocycles. The molecule has 0 fully saturated rings. The molecule has 0 atom stereocenters. The van der Waals surface area contributed by atoms with Gasteiger partial charge in [0.2, 0.25) is 0 Å². The van der Waals surface area contributed by atoms with E-state index in [-0.39, 0.29) is 0 Å². The molecule has 1 aliphatic heterocycles. The summed E-state index contributed by atoms with van der Waals surface area (Å²) in [4.78, 5) is 2.37. The van der Waals surface area contributed by atoms with Crippen LogP contribution in [0, 0.1) is 0 Å². The molecule has 4 nitrogen and oxygen atoms in total. The van der Waals surface area contributed by atoms with Crippen LogP contribution in [0.3, 0.4) is 0 Å². The van der Waals surface area contributed by atoms with Crippen LogP contribution in [0.4, 0.5) is 0 Å². The van der Waals surface area contributed by atoms with E-state index in [0.29, 0.717) is 0 Å². The minimum absolute atomic E-state index is 1.10. The van der Waals surface area contributed by atoms with Crippen LogP contribution < -0.4 is 27.9 Å². The second kappa shape index (κ2) is 11.4. The Morgan fingerprint density at radius 1 is 1.25 bits per heavy atom. The van der Waals surface area contributed by atoms with Gasteiger partial charge in [-0.1, -0.05) is 38.3 Å². The normalized spacial score (nSPS) is 13.9. The molecule has 0 spiro atoms. The van der Waals surface area contributed by atoms with E-state index in [0.717, 1.165) is 6.54 Å². The number of rotatable bonds is 5. The van der Waals surface area contributed by atoms with E-state index < -0.39 is 21.1 Å². The summed E-state index contributed by atoms with van der Waals surface area (Å²) in [5, 5.41) is 0. The topological polar surface area (TPSA) is 69.6 Å². The number of hydrogen-bond acceptors (Lipinski definition) is 4. The minimum Gasteiger partial charge on any atom is -0.396 e. The molecule has 0 saturated carbocycles. The fraction of sp³-hybridized carbons (Fsp3) is 0.636. The Bertz CT molecular complexity index is 205. The van der Waals surface area contributed by atoms with E-state index in [1.54, 1.807) is 0 Å². The fourth-order valence-electron chi connectivity index (χ4n) is 1.41. The van der Waals surface area contributed by atoms with Gasteiger partial charge in [0.05, 0.1) is 0 Å². The number of allylic oxidation sites excluding steroid dienone is 2. The summed E-state index contributed by atoms with van der Waals surface area (Å²) in [6, 6.07) is 0. The molecular formula is C11H20INO3. The zero-order valence-corrected chi connectivity index (χ0v) is 11.8. The van der Waals surface area contributed by atoms with Gasteiger partial charge in [-0.15, -0.1) is 0 Å². The highest BCUT2D eigenvalue weighted by Crippen LogP contribution is 2.04. The smallest absolute Gasteiger partial charge is 0.396 e. The standard InChI is InChI=1S/C11H19N.HIO3/c1-2-3-4-6-9-12-10-7-5-8-11-12;2-1(3)4/h5,7-8,10H,2-4,6,9,11H2,1H3;2H.